The van der Waals surface area contributed by atoms with E-state index in [1.165, 1.54) is 16.4 Å². The van der Waals surface area contributed by atoms with Crippen molar-refractivity contribution >= 4 is 10.0 Å². The van der Waals surface area contributed by atoms with Gasteiger partial charge in [0.1, 0.15) is 10.7 Å². The molecule has 0 radical (unpaired) electrons. The molecule has 4 nitrogen and oxygen atoms in total. The van der Waals surface area contributed by atoms with E-state index in [9.17, 15) is 12.8 Å². The highest BCUT2D eigenvalue weighted by Gasteiger charge is 2.37. The summed E-state index contributed by atoms with van der Waals surface area (Å²) in [5.74, 6) is -0.371. The zero-order valence-corrected chi connectivity index (χ0v) is 13.6. The molecule has 2 rings (SSSR count). The molecule has 2 unspecified atom stereocenters. The Kier molecular flexibility index (Phi) is 5.01. The van der Waals surface area contributed by atoms with Gasteiger partial charge < -0.3 is 5.32 Å². The van der Waals surface area contributed by atoms with Gasteiger partial charge in [-0.25, -0.2) is 12.8 Å². The van der Waals surface area contributed by atoms with Crippen molar-refractivity contribution in [2.24, 2.45) is 5.92 Å². The summed E-state index contributed by atoms with van der Waals surface area (Å²) in [6.45, 7) is 7.63. The number of sulfonamides is 1. The number of rotatable bonds is 5. The molecule has 0 aliphatic carbocycles. The SMILES string of the molecule is CCNCc1ccc(F)c(S(=O)(=O)N2CC(C)CC2C)c1. The Labute approximate surface area is 126 Å². The number of nitrogens with zero attached hydrogens (tertiary/aromatic N) is 1. The van der Waals surface area contributed by atoms with Crippen molar-refractivity contribution in [1.82, 2.24) is 9.62 Å². The molecule has 1 fully saturated rings. The van der Waals surface area contributed by atoms with Gasteiger partial charge in [0, 0.05) is 19.1 Å². The van der Waals surface area contributed by atoms with Gasteiger partial charge in [0.05, 0.1) is 0 Å². The molecule has 1 aromatic carbocycles. The van der Waals surface area contributed by atoms with E-state index in [-0.39, 0.29) is 10.9 Å². The van der Waals surface area contributed by atoms with Crippen LogP contribution in [0.25, 0.3) is 0 Å². The summed E-state index contributed by atoms with van der Waals surface area (Å²) in [6.07, 6.45) is 0.817. The van der Waals surface area contributed by atoms with Crippen LogP contribution in [0, 0.1) is 11.7 Å². The van der Waals surface area contributed by atoms with Crippen molar-refractivity contribution in [2.45, 2.75) is 44.7 Å². The van der Waals surface area contributed by atoms with E-state index in [1.54, 1.807) is 6.07 Å². The molecule has 0 saturated carbocycles. The average molecular weight is 314 g/mol. The van der Waals surface area contributed by atoms with Gasteiger partial charge in [-0.05, 0) is 43.5 Å². The lowest BCUT2D eigenvalue weighted by Gasteiger charge is -2.21. The fourth-order valence-corrected chi connectivity index (χ4v) is 4.73. The Bertz CT molecular complexity index is 604. The third-order valence-corrected chi connectivity index (χ3v) is 5.88. The Hall–Kier alpha value is -0.980. The molecule has 21 heavy (non-hydrogen) atoms. The van der Waals surface area contributed by atoms with Crippen LogP contribution in [-0.4, -0.2) is 31.9 Å². The van der Waals surface area contributed by atoms with Gasteiger partial charge in [-0.1, -0.05) is 19.9 Å². The monoisotopic (exact) mass is 314 g/mol. The minimum absolute atomic E-state index is 0.0816. The van der Waals surface area contributed by atoms with E-state index < -0.39 is 15.8 Å². The van der Waals surface area contributed by atoms with Gasteiger partial charge in [-0.15, -0.1) is 0 Å². The van der Waals surface area contributed by atoms with Crippen LogP contribution in [0.5, 0.6) is 0 Å². The normalized spacial score (nSPS) is 23.6. The number of hydrogen-bond donors (Lipinski definition) is 1. The molecular formula is C15H23FN2O2S. The van der Waals surface area contributed by atoms with E-state index in [0.29, 0.717) is 19.0 Å². The minimum Gasteiger partial charge on any atom is -0.313 e. The zero-order chi connectivity index (χ0) is 15.6. The van der Waals surface area contributed by atoms with Crippen molar-refractivity contribution in [3.05, 3.63) is 29.6 Å². The highest BCUT2D eigenvalue weighted by molar-refractivity contribution is 7.89. The minimum atomic E-state index is -3.77. The molecule has 118 valence electrons. The standard InChI is InChI=1S/C15H23FN2O2S/c1-4-17-9-13-5-6-14(16)15(8-13)21(19,20)18-10-11(2)7-12(18)3/h5-6,8,11-12,17H,4,7,9-10H2,1-3H3. The molecule has 1 aromatic rings. The highest BCUT2D eigenvalue weighted by atomic mass is 32.2. The van der Waals surface area contributed by atoms with Crippen molar-refractivity contribution in [1.29, 1.82) is 0 Å². The fraction of sp³-hybridized carbons (Fsp3) is 0.600. The van der Waals surface area contributed by atoms with Gasteiger partial charge in [0.2, 0.25) is 10.0 Å². The first kappa shape index (κ1) is 16.4. The fourth-order valence-electron chi connectivity index (χ4n) is 2.85. The van der Waals surface area contributed by atoms with Crippen LogP contribution in [-0.2, 0) is 16.6 Å². The second kappa shape index (κ2) is 6.42. The Morgan fingerprint density at radius 3 is 2.67 bits per heavy atom. The molecule has 1 aliphatic rings. The zero-order valence-electron chi connectivity index (χ0n) is 12.8. The second-order valence-corrected chi connectivity index (χ2v) is 7.67. The van der Waals surface area contributed by atoms with E-state index in [2.05, 4.69) is 5.32 Å². The maximum absolute atomic E-state index is 14.0. The quantitative estimate of drug-likeness (QED) is 0.907. The first-order chi connectivity index (χ1) is 9.86. The van der Waals surface area contributed by atoms with Crippen LogP contribution < -0.4 is 5.32 Å². The van der Waals surface area contributed by atoms with Gasteiger partial charge in [0.15, 0.2) is 0 Å². The largest absolute Gasteiger partial charge is 0.313 e. The molecule has 0 aromatic heterocycles. The lowest BCUT2D eigenvalue weighted by atomic mass is 10.1. The summed E-state index contributed by atoms with van der Waals surface area (Å²) < 4.78 is 40.9. The third-order valence-electron chi connectivity index (χ3n) is 3.89. The highest BCUT2D eigenvalue weighted by Crippen LogP contribution is 2.30. The van der Waals surface area contributed by atoms with Gasteiger partial charge in [-0.3, -0.25) is 0 Å². The summed E-state index contributed by atoms with van der Waals surface area (Å²) in [5, 5.41) is 3.12. The number of hydrogen-bond acceptors (Lipinski definition) is 3. The van der Waals surface area contributed by atoms with E-state index in [1.807, 2.05) is 20.8 Å². The van der Waals surface area contributed by atoms with E-state index in [4.69, 9.17) is 0 Å². The van der Waals surface area contributed by atoms with Crippen LogP contribution >= 0.6 is 0 Å². The number of halogens is 1. The molecule has 1 N–H and O–H groups in total. The van der Waals surface area contributed by atoms with Crippen LogP contribution in [0.3, 0.4) is 0 Å². The van der Waals surface area contributed by atoms with Gasteiger partial charge >= 0.3 is 0 Å². The Balaban J connectivity index is 2.35. The number of nitrogens with one attached hydrogen (secondary N) is 1. The summed E-state index contributed by atoms with van der Waals surface area (Å²) in [4.78, 5) is -0.209. The van der Waals surface area contributed by atoms with Gasteiger partial charge in [0.25, 0.3) is 0 Å². The van der Waals surface area contributed by atoms with Crippen molar-refractivity contribution in [2.75, 3.05) is 13.1 Å². The maximum Gasteiger partial charge on any atom is 0.246 e. The van der Waals surface area contributed by atoms with Crippen LogP contribution in [0.2, 0.25) is 0 Å². The van der Waals surface area contributed by atoms with Crippen LogP contribution in [0.4, 0.5) is 4.39 Å². The molecule has 1 aliphatic heterocycles. The molecule has 2 atom stereocenters. The summed E-state index contributed by atoms with van der Waals surface area (Å²) in [7, 11) is -3.77. The van der Waals surface area contributed by atoms with Crippen molar-refractivity contribution in [3.63, 3.8) is 0 Å². The molecule has 0 bridgehead atoms. The third kappa shape index (κ3) is 3.44. The molecule has 0 amide bonds. The molecule has 0 spiro atoms. The van der Waals surface area contributed by atoms with E-state index >= 15 is 0 Å². The smallest absolute Gasteiger partial charge is 0.246 e. The predicted octanol–water partition coefficient (Wildman–Crippen LogP) is 2.35. The Morgan fingerprint density at radius 2 is 2.10 bits per heavy atom. The summed E-state index contributed by atoms with van der Waals surface area (Å²) in [6, 6.07) is 4.22. The number of benzene rings is 1. The van der Waals surface area contributed by atoms with Crippen molar-refractivity contribution < 1.29 is 12.8 Å². The predicted molar refractivity (Wildman–Crippen MR) is 80.9 cm³/mol. The summed E-state index contributed by atoms with van der Waals surface area (Å²) >= 11 is 0. The molecule has 6 heteroatoms. The van der Waals surface area contributed by atoms with Gasteiger partial charge in [-0.2, -0.15) is 4.31 Å². The topological polar surface area (TPSA) is 49.4 Å². The Morgan fingerprint density at radius 1 is 1.38 bits per heavy atom. The molecular weight excluding hydrogens is 291 g/mol. The van der Waals surface area contributed by atoms with E-state index in [0.717, 1.165) is 18.5 Å². The maximum atomic E-state index is 14.0. The van der Waals surface area contributed by atoms with Crippen molar-refractivity contribution in [3.8, 4) is 0 Å². The summed E-state index contributed by atoms with van der Waals surface area (Å²) in [5.41, 5.74) is 0.775. The van der Waals surface area contributed by atoms with Crippen LogP contribution in [0.15, 0.2) is 23.1 Å². The first-order valence-electron chi connectivity index (χ1n) is 7.37. The molecule has 1 saturated heterocycles. The first-order valence-corrected chi connectivity index (χ1v) is 8.81. The average Bonchev–Trinajstić information content (AvgIpc) is 2.77. The lowest BCUT2D eigenvalue weighted by molar-refractivity contribution is 0.402. The lowest BCUT2D eigenvalue weighted by Crippen LogP contribution is -2.34. The molecule has 1 heterocycles. The van der Waals surface area contributed by atoms with Crippen LogP contribution in [0.1, 0.15) is 32.8 Å². The second-order valence-electron chi connectivity index (χ2n) is 5.81.